The first-order chi connectivity index (χ1) is 8.12. The lowest BCUT2D eigenvalue weighted by atomic mass is 10.3. The van der Waals surface area contributed by atoms with Gasteiger partial charge in [0.25, 0.3) is 0 Å². The van der Waals surface area contributed by atoms with E-state index in [0.717, 1.165) is 0 Å². The van der Waals surface area contributed by atoms with E-state index in [1.54, 1.807) is 6.92 Å². The van der Waals surface area contributed by atoms with Crippen LogP contribution in [0.15, 0.2) is 0 Å². The van der Waals surface area contributed by atoms with Crippen LogP contribution < -0.4 is 17.2 Å². The predicted molar refractivity (Wildman–Crippen MR) is 69.7 cm³/mol. The lowest BCUT2D eigenvalue weighted by Gasteiger charge is -2.24. The maximum absolute atomic E-state index is 12.1. The van der Waals surface area contributed by atoms with Gasteiger partial charge in [0.15, 0.2) is 0 Å². The Hall–Kier alpha value is -1.26. The molecule has 0 rings (SSSR count). The smallest absolute Gasteiger partial charge is 0.232 e. The monoisotopic (exact) mass is 296 g/mol. The lowest BCUT2D eigenvalue weighted by molar-refractivity contribution is -0.120. The zero-order valence-electron chi connectivity index (χ0n) is 9.83. The molecule has 104 valence electrons. The van der Waals surface area contributed by atoms with Crippen molar-refractivity contribution in [3.05, 3.63) is 0 Å². The molecule has 6 N–H and O–H groups in total. The molecular formula is C8H16N4O4S2. The molecule has 0 bridgehead atoms. The topological polar surface area (TPSA) is 150 Å². The summed E-state index contributed by atoms with van der Waals surface area (Å²) in [7, 11) is -4.04. The van der Waals surface area contributed by atoms with Crippen LogP contribution in [-0.4, -0.2) is 47.9 Å². The van der Waals surface area contributed by atoms with Gasteiger partial charge in [0.2, 0.25) is 21.8 Å². The lowest BCUT2D eigenvalue weighted by Crippen LogP contribution is -2.49. The second-order valence-corrected chi connectivity index (χ2v) is 6.13. The summed E-state index contributed by atoms with van der Waals surface area (Å²) in [6, 6.07) is 0. The average molecular weight is 296 g/mol. The zero-order valence-corrected chi connectivity index (χ0v) is 11.5. The van der Waals surface area contributed by atoms with Crippen LogP contribution >= 0.6 is 12.2 Å². The number of primary amides is 2. The van der Waals surface area contributed by atoms with Crippen LogP contribution in [0.4, 0.5) is 0 Å². The molecule has 1 atom stereocenters. The molecule has 0 aliphatic heterocycles. The average Bonchev–Trinajstić information content (AvgIpc) is 2.14. The number of rotatable bonds is 8. The highest BCUT2D eigenvalue weighted by Gasteiger charge is 2.34. The zero-order chi connectivity index (χ0) is 14.5. The molecule has 1 unspecified atom stereocenters. The minimum Gasteiger partial charge on any atom is -0.392 e. The number of carbonyl (C=O) groups is 2. The van der Waals surface area contributed by atoms with E-state index in [2.05, 4.69) is 12.2 Å². The van der Waals surface area contributed by atoms with E-state index < -0.39 is 40.2 Å². The van der Waals surface area contributed by atoms with Crippen molar-refractivity contribution in [1.29, 1.82) is 0 Å². The Labute approximate surface area is 111 Å². The van der Waals surface area contributed by atoms with Crippen LogP contribution in [0.3, 0.4) is 0 Å². The van der Waals surface area contributed by atoms with Gasteiger partial charge in [-0.05, 0) is 6.42 Å². The second kappa shape index (κ2) is 6.61. The van der Waals surface area contributed by atoms with Crippen molar-refractivity contribution in [3.63, 3.8) is 0 Å². The van der Waals surface area contributed by atoms with Gasteiger partial charge < -0.3 is 17.2 Å². The molecule has 8 nitrogen and oxygen atoms in total. The minimum absolute atomic E-state index is 0.117. The standard InChI is InChI=1S/C8H16N4O4S2/c1-2-5(8(11)17)18(15,16)12(3-6(9)13)4-7(10)14/h5H,2-4H2,1H3,(H2,9,13)(H2,10,14)(H2,11,17). The molecule has 0 aliphatic rings. The summed E-state index contributed by atoms with van der Waals surface area (Å²) in [5, 5.41) is -1.16. The number of thiocarbonyl (C=S) groups is 1. The summed E-state index contributed by atoms with van der Waals surface area (Å²) < 4.78 is 24.8. The van der Waals surface area contributed by atoms with Crippen molar-refractivity contribution in [3.8, 4) is 0 Å². The summed E-state index contributed by atoms with van der Waals surface area (Å²) in [6.07, 6.45) is 0.117. The number of hydrogen-bond donors (Lipinski definition) is 3. The van der Waals surface area contributed by atoms with Gasteiger partial charge in [-0.3, -0.25) is 9.59 Å². The van der Waals surface area contributed by atoms with Gasteiger partial charge in [0.05, 0.1) is 18.1 Å². The van der Waals surface area contributed by atoms with E-state index in [9.17, 15) is 18.0 Å². The fourth-order valence-corrected chi connectivity index (χ4v) is 3.54. The molecule has 2 amide bonds. The Morgan fingerprint density at radius 2 is 1.56 bits per heavy atom. The van der Waals surface area contributed by atoms with E-state index in [1.165, 1.54) is 0 Å². The number of hydrogen-bond acceptors (Lipinski definition) is 5. The SMILES string of the molecule is CCC(C(N)=S)S(=O)(=O)N(CC(N)=O)CC(N)=O. The van der Waals surface area contributed by atoms with Crippen molar-refractivity contribution in [1.82, 2.24) is 4.31 Å². The first-order valence-corrected chi connectivity index (χ1v) is 6.89. The maximum atomic E-state index is 12.1. The largest absolute Gasteiger partial charge is 0.392 e. The van der Waals surface area contributed by atoms with Crippen molar-refractivity contribution in [2.75, 3.05) is 13.1 Å². The molecule has 18 heavy (non-hydrogen) atoms. The van der Waals surface area contributed by atoms with Crippen LogP contribution in [-0.2, 0) is 19.6 Å². The van der Waals surface area contributed by atoms with Crippen LogP contribution in [0.25, 0.3) is 0 Å². The molecule has 0 saturated heterocycles. The highest BCUT2D eigenvalue weighted by molar-refractivity contribution is 7.92. The molecule has 0 heterocycles. The van der Waals surface area contributed by atoms with Crippen molar-refractivity contribution in [2.45, 2.75) is 18.6 Å². The Kier molecular flexibility index (Phi) is 6.15. The summed E-state index contributed by atoms with van der Waals surface area (Å²) in [5.74, 6) is -1.81. The highest BCUT2D eigenvalue weighted by Crippen LogP contribution is 2.12. The minimum atomic E-state index is -4.04. The van der Waals surface area contributed by atoms with Crippen LogP contribution in [0, 0.1) is 0 Å². The van der Waals surface area contributed by atoms with Gasteiger partial charge in [-0.2, -0.15) is 4.31 Å². The predicted octanol–water partition coefficient (Wildman–Crippen LogP) is -2.35. The third-order valence-electron chi connectivity index (χ3n) is 2.07. The first kappa shape index (κ1) is 16.7. The van der Waals surface area contributed by atoms with Crippen LogP contribution in [0.5, 0.6) is 0 Å². The Morgan fingerprint density at radius 1 is 1.17 bits per heavy atom. The van der Waals surface area contributed by atoms with Crippen molar-refractivity contribution < 1.29 is 18.0 Å². The van der Waals surface area contributed by atoms with E-state index in [1.807, 2.05) is 0 Å². The van der Waals surface area contributed by atoms with Gasteiger partial charge in [-0.1, -0.05) is 19.1 Å². The quantitative estimate of drug-likeness (QED) is 0.427. The summed E-state index contributed by atoms with van der Waals surface area (Å²) in [6.45, 7) is 0.267. The molecule has 10 heteroatoms. The van der Waals surface area contributed by atoms with Crippen LogP contribution in [0.2, 0.25) is 0 Å². The summed E-state index contributed by atoms with van der Waals surface area (Å²) in [5.41, 5.74) is 15.2. The van der Waals surface area contributed by atoms with E-state index >= 15 is 0 Å². The van der Waals surface area contributed by atoms with E-state index in [4.69, 9.17) is 17.2 Å². The van der Waals surface area contributed by atoms with Crippen molar-refractivity contribution >= 4 is 39.0 Å². The Bertz CT molecular complexity index is 432. The number of nitrogens with zero attached hydrogens (tertiary/aromatic N) is 1. The highest BCUT2D eigenvalue weighted by atomic mass is 32.2. The number of nitrogens with two attached hydrogens (primary N) is 3. The molecule has 0 saturated carbocycles. The van der Waals surface area contributed by atoms with Gasteiger partial charge >= 0.3 is 0 Å². The molecule has 0 aromatic rings. The van der Waals surface area contributed by atoms with E-state index in [-0.39, 0.29) is 11.4 Å². The first-order valence-electron chi connectivity index (χ1n) is 4.97. The molecular weight excluding hydrogens is 280 g/mol. The Morgan fingerprint density at radius 3 is 1.78 bits per heavy atom. The maximum Gasteiger partial charge on any atom is 0.232 e. The number of sulfonamides is 1. The fraction of sp³-hybridized carbons (Fsp3) is 0.625. The molecule has 0 fully saturated rings. The summed E-state index contributed by atoms with van der Waals surface area (Å²) in [4.78, 5) is 21.4. The third-order valence-corrected chi connectivity index (χ3v) is 4.79. The normalized spacial score (nSPS) is 13.2. The molecule has 0 aliphatic carbocycles. The van der Waals surface area contributed by atoms with Crippen molar-refractivity contribution in [2.24, 2.45) is 17.2 Å². The van der Waals surface area contributed by atoms with Gasteiger partial charge in [-0.25, -0.2) is 8.42 Å². The molecule has 0 radical (unpaired) electrons. The third kappa shape index (κ3) is 4.55. The number of carbonyl (C=O) groups excluding carboxylic acids is 2. The van der Waals surface area contributed by atoms with Crippen LogP contribution in [0.1, 0.15) is 13.3 Å². The summed E-state index contributed by atoms with van der Waals surface area (Å²) >= 11 is 4.65. The molecule has 0 aromatic carbocycles. The molecule has 0 aromatic heterocycles. The Balaban J connectivity index is 5.36. The fourth-order valence-electron chi connectivity index (χ4n) is 1.32. The second-order valence-electron chi connectivity index (χ2n) is 3.54. The van der Waals surface area contributed by atoms with Gasteiger partial charge in [0, 0.05) is 0 Å². The number of amides is 2. The van der Waals surface area contributed by atoms with Gasteiger partial charge in [0.1, 0.15) is 5.25 Å². The van der Waals surface area contributed by atoms with E-state index in [0.29, 0.717) is 4.31 Å². The van der Waals surface area contributed by atoms with Gasteiger partial charge in [-0.15, -0.1) is 0 Å². The molecule has 0 spiro atoms.